The Morgan fingerprint density at radius 3 is 2.38 bits per heavy atom. The fraction of sp³-hybridized carbons (Fsp3) is 0.368. The monoisotopic (exact) mass is 421 g/mol. The predicted molar refractivity (Wildman–Crippen MR) is 104 cm³/mol. The summed E-state index contributed by atoms with van der Waals surface area (Å²) in [5.41, 5.74) is 5.12. The van der Waals surface area contributed by atoms with Crippen LogP contribution in [-0.4, -0.2) is 39.5 Å². The Bertz CT molecular complexity index is 991. The van der Waals surface area contributed by atoms with Gasteiger partial charge in [-0.05, 0) is 57.0 Å². The van der Waals surface area contributed by atoms with Crippen LogP contribution in [0.3, 0.4) is 0 Å². The highest BCUT2D eigenvalue weighted by atomic mass is 32.2. The molecule has 10 heteroatoms. The number of rotatable bonds is 6. The highest BCUT2D eigenvalue weighted by Gasteiger charge is 2.21. The molecule has 0 unspecified atom stereocenters. The Morgan fingerprint density at radius 1 is 1.10 bits per heavy atom. The molecular formula is C19H23N3O6S. The average Bonchev–Trinajstić information content (AvgIpc) is 3.33. The highest BCUT2D eigenvalue weighted by molar-refractivity contribution is 7.89. The number of furan rings is 1. The number of benzene rings is 1. The van der Waals surface area contributed by atoms with E-state index in [4.69, 9.17) is 9.15 Å². The topological polar surface area (TPSA) is 127 Å². The van der Waals surface area contributed by atoms with E-state index in [0.717, 1.165) is 12.8 Å². The van der Waals surface area contributed by atoms with Gasteiger partial charge in [-0.1, -0.05) is 0 Å². The highest BCUT2D eigenvalue weighted by Crippen LogP contribution is 2.15. The Hall–Kier alpha value is -2.69. The molecule has 156 valence electrons. The van der Waals surface area contributed by atoms with Crippen molar-refractivity contribution >= 4 is 21.8 Å². The molecule has 1 fully saturated rings. The van der Waals surface area contributed by atoms with E-state index in [9.17, 15) is 18.0 Å². The second-order valence-electron chi connectivity index (χ2n) is 6.75. The summed E-state index contributed by atoms with van der Waals surface area (Å²) in [5.74, 6) is -0.0547. The Labute approximate surface area is 168 Å². The summed E-state index contributed by atoms with van der Waals surface area (Å²) in [7, 11) is -3.70. The van der Waals surface area contributed by atoms with E-state index in [1.54, 1.807) is 19.9 Å². The number of carbonyl (C=O) groups excluding carboxylic acids is 2. The van der Waals surface area contributed by atoms with E-state index in [0.29, 0.717) is 23.7 Å². The third-order valence-corrected chi connectivity index (χ3v) is 5.97. The molecule has 1 aliphatic rings. The van der Waals surface area contributed by atoms with Crippen LogP contribution < -0.4 is 15.6 Å². The number of nitrogens with one attached hydrogen (secondary N) is 3. The first-order chi connectivity index (χ1) is 13.8. The smallest absolute Gasteiger partial charge is 0.273 e. The van der Waals surface area contributed by atoms with Crippen molar-refractivity contribution in [2.24, 2.45) is 0 Å². The predicted octanol–water partition coefficient (Wildman–Crippen LogP) is 1.43. The quantitative estimate of drug-likeness (QED) is 0.606. The van der Waals surface area contributed by atoms with Crippen molar-refractivity contribution < 1.29 is 27.2 Å². The molecule has 1 atom stereocenters. The Kier molecular flexibility index (Phi) is 6.36. The van der Waals surface area contributed by atoms with E-state index >= 15 is 0 Å². The minimum Gasteiger partial charge on any atom is -0.466 e. The van der Waals surface area contributed by atoms with Crippen LogP contribution in [0.25, 0.3) is 0 Å². The molecule has 9 nitrogen and oxygen atoms in total. The second-order valence-corrected chi connectivity index (χ2v) is 8.51. The normalized spacial score (nSPS) is 16.6. The lowest BCUT2D eigenvalue weighted by Gasteiger charge is -2.12. The number of carbonyl (C=O) groups is 2. The summed E-state index contributed by atoms with van der Waals surface area (Å²) in [5, 5.41) is 0. The van der Waals surface area contributed by atoms with Crippen molar-refractivity contribution in [1.29, 1.82) is 0 Å². The number of hydrogen-bond donors (Lipinski definition) is 3. The third kappa shape index (κ3) is 5.22. The van der Waals surface area contributed by atoms with Crippen LogP contribution in [0.2, 0.25) is 0 Å². The van der Waals surface area contributed by atoms with Crippen molar-refractivity contribution in [3.8, 4) is 0 Å². The molecule has 0 bridgehead atoms. The van der Waals surface area contributed by atoms with Gasteiger partial charge in [0.25, 0.3) is 11.8 Å². The first-order valence-corrected chi connectivity index (χ1v) is 10.6. The van der Waals surface area contributed by atoms with E-state index < -0.39 is 21.8 Å². The van der Waals surface area contributed by atoms with Gasteiger partial charge in [-0.15, -0.1) is 0 Å². The van der Waals surface area contributed by atoms with E-state index in [1.807, 2.05) is 0 Å². The minimum atomic E-state index is -3.70. The van der Waals surface area contributed by atoms with Gasteiger partial charge in [0.2, 0.25) is 10.0 Å². The summed E-state index contributed by atoms with van der Waals surface area (Å²) in [4.78, 5) is 24.3. The van der Waals surface area contributed by atoms with Crippen molar-refractivity contribution in [3.63, 3.8) is 0 Å². The maximum Gasteiger partial charge on any atom is 0.273 e. The summed E-state index contributed by atoms with van der Waals surface area (Å²) in [6, 6.07) is 6.97. The molecule has 0 radical (unpaired) electrons. The second kappa shape index (κ2) is 8.76. The van der Waals surface area contributed by atoms with Crippen LogP contribution in [0.5, 0.6) is 0 Å². The molecule has 0 saturated carbocycles. The van der Waals surface area contributed by atoms with Crippen LogP contribution in [0.4, 0.5) is 0 Å². The third-order valence-electron chi connectivity index (χ3n) is 4.53. The van der Waals surface area contributed by atoms with Gasteiger partial charge < -0.3 is 9.15 Å². The molecule has 1 aromatic carbocycles. The van der Waals surface area contributed by atoms with Crippen LogP contribution in [0, 0.1) is 13.8 Å². The zero-order valence-electron chi connectivity index (χ0n) is 16.2. The van der Waals surface area contributed by atoms with Crippen molar-refractivity contribution in [1.82, 2.24) is 15.6 Å². The zero-order valence-corrected chi connectivity index (χ0v) is 17.0. The first-order valence-electron chi connectivity index (χ1n) is 9.15. The maximum atomic E-state index is 12.3. The number of hydrazine groups is 1. The molecule has 0 spiro atoms. The number of ether oxygens (including phenoxy) is 1. The molecule has 1 saturated heterocycles. The van der Waals surface area contributed by atoms with Crippen LogP contribution in [-0.2, 0) is 14.8 Å². The molecule has 2 amide bonds. The number of aryl methyl sites for hydroxylation is 2. The SMILES string of the molecule is Cc1cc(C(=O)NNC(=O)c2ccc(S(=O)(=O)NC[C@H]3CCCO3)cc2)c(C)o1. The maximum absolute atomic E-state index is 12.3. The lowest BCUT2D eigenvalue weighted by atomic mass is 10.2. The van der Waals surface area contributed by atoms with Crippen molar-refractivity contribution in [2.45, 2.75) is 37.7 Å². The van der Waals surface area contributed by atoms with Gasteiger partial charge in [-0.3, -0.25) is 20.4 Å². The molecule has 2 aromatic rings. The molecule has 1 aliphatic heterocycles. The van der Waals surface area contributed by atoms with Crippen LogP contribution >= 0.6 is 0 Å². The van der Waals surface area contributed by atoms with Gasteiger partial charge in [-0.2, -0.15) is 0 Å². The Balaban J connectivity index is 1.56. The van der Waals surface area contributed by atoms with Gasteiger partial charge >= 0.3 is 0 Å². The number of hydrogen-bond acceptors (Lipinski definition) is 6. The fourth-order valence-electron chi connectivity index (χ4n) is 2.99. The lowest BCUT2D eigenvalue weighted by Crippen LogP contribution is -2.41. The van der Waals surface area contributed by atoms with Gasteiger partial charge in [0.15, 0.2) is 0 Å². The van der Waals surface area contributed by atoms with Gasteiger partial charge in [0.05, 0.1) is 16.6 Å². The molecule has 3 rings (SSSR count). The molecule has 2 heterocycles. The minimum absolute atomic E-state index is 0.0422. The van der Waals surface area contributed by atoms with Gasteiger partial charge in [0, 0.05) is 18.7 Å². The average molecular weight is 421 g/mol. The van der Waals surface area contributed by atoms with Crippen molar-refractivity contribution in [3.05, 3.63) is 53.0 Å². The van der Waals surface area contributed by atoms with E-state index in [2.05, 4.69) is 15.6 Å². The standard InChI is InChI=1S/C19H23N3O6S/c1-12-10-17(13(2)28-12)19(24)22-21-18(23)14-5-7-16(8-6-14)29(25,26)20-11-15-4-3-9-27-15/h5-8,10,15,20H,3-4,9,11H2,1-2H3,(H,21,23)(H,22,24)/t15-/m1/s1. The number of sulfonamides is 1. The van der Waals surface area contributed by atoms with Crippen LogP contribution in [0.1, 0.15) is 45.1 Å². The van der Waals surface area contributed by atoms with Gasteiger partial charge in [-0.25, -0.2) is 13.1 Å². The van der Waals surface area contributed by atoms with Gasteiger partial charge in [0.1, 0.15) is 11.5 Å². The summed E-state index contributed by atoms with van der Waals surface area (Å²) in [6.07, 6.45) is 1.64. The zero-order chi connectivity index (χ0) is 21.0. The summed E-state index contributed by atoms with van der Waals surface area (Å²) < 4.78 is 37.9. The first kappa shape index (κ1) is 21.0. The molecule has 3 N–H and O–H groups in total. The number of amides is 2. The van der Waals surface area contributed by atoms with E-state index in [1.165, 1.54) is 24.3 Å². The molecular weight excluding hydrogens is 398 g/mol. The van der Waals surface area contributed by atoms with Crippen LogP contribution in [0.15, 0.2) is 39.6 Å². The summed E-state index contributed by atoms with van der Waals surface area (Å²) >= 11 is 0. The Morgan fingerprint density at radius 2 is 1.79 bits per heavy atom. The lowest BCUT2D eigenvalue weighted by molar-refractivity contribution is 0.0845. The van der Waals surface area contributed by atoms with E-state index in [-0.39, 0.29) is 23.1 Å². The fourth-order valence-corrected chi connectivity index (χ4v) is 4.05. The molecule has 29 heavy (non-hydrogen) atoms. The summed E-state index contributed by atoms with van der Waals surface area (Å²) in [6.45, 7) is 4.22. The molecule has 1 aromatic heterocycles. The molecule has 0 aliphatic carbocycles. The largest absolute Gasteiger partial charge is 0.466 e. The van der Waals surface area contributed by atoms with Crippen molar-refractivity contribution in [2.75, 3.05) is 13.2 Å².